The maximum absolute atomic E-state index is 13.2. The van der Waals surface area contributed by atoms with Crippen molar-refractivity contribution in [1.82, 2.24) is 14.8 Å². The zero-order valence-electron chi connectivity index (χ0n) is 19.0. The number of ether oxygens (including phenoxy) is 1. The topological polar surface area (TPSA) is 62.7 Å². The van der Waals surface area contributed by atoms with Gasteiger partial charge in [0.1, 0.15) is 0 Å². The summed E-state index contributed by atoms with van der Waals surface area (Å²) in [5.74, 6) is -0.0720. The van der Waals surface area contributed by atoms with Gasteiger partial charge in [-0.05, 0) is 30.5 Å². The minimum atomic E-state index is -0.311. The molecule has 3 aromatic rings. The smallest absolute Gasteiger partial charge is 0.409 e. The molecule has 1 aliphatic heterocycles. The normalized spacial score (nSPS) is 13.9. The average molecular weight is 466 g/mol. The minimum absolute atomic E-state index is 0.0720. The van der Waals surface area contributed by atoms with Crippen LogP contribution in [0.2, 0.25) is 5.02 Å². The number of halogens is 1. The molecule has 1 aromatic heterocycles. The number of hydrogen-bond donors (Lipinski definition) is 0. The Balaban J connectivity index is 1.58. The largest absolute Gasteiger partial charge is 0.449 e. The van der Waals surface area contributed by atoms with Crippen LogP contribution in [0, 0.1) is 0 Å². The fraction of sp³-hybridized carbons (Fsp3) is 0.346. The van der Waals surface area contributed by atoms with Gasteiger partial charge in [0, 0.05) is 42.7 Å². The predicted molar refractivity (Wildman–Crippen MR) is 131 cm³/mol. The summed E-state index contributed by atoms with van der Waals surface area (Å²) in [6, 6.07) is 15.5. The summed E-state index contributed by atoms with van der Waals surface area (Å²) in [5, 5.41) is 1.52. The van der Waals surface area contributed by atoms with Gasteiger partial charge in [-0.3, -0.25) is 4.79 Å². The first-order valence-electron chi connectivity index (χ1n) is 11.4. The third-order valence-corrected chi connectivity index (χ3v) is 6.35. The van der Waals surface area contributed by atoms with Crippen molar-refractivity contribution < 1.29 is 14.3 Å². The van der Waals surface area contributed by atoms with E-state index >= 15 is 0 Å². The molecule has 7 heteroatoms. The van der Waals surface area contributed by atoms with Gasteiger partial charge in [0.15, 0.2) is 0 Å². The first-order chi connectivity index (χ1) is 16.0. The Labute approximate surface area is 199 Å². The molecule has 1 aliphatic rings. The summed E-state index contributed by atoms with van der Waals surface area (Å²) in [4.78, 5) is 33.6. The highest BCUT2D eigenvalue weighted by atomic mass is 35.5. The molecule has 0 atom stereocenters. The predicted octanol–water partition coefficient (Wildman–Crippen LogP) is 5.42. The lowest BCUT2D eigenvalue weighted by molar-refractivity contribution is 0.0560. The third-order valence-electron chi connectivity index (χ3n) is 5.92. The van der Waals surface area contributed by atoms with E-state index in [1.165, 1.54) is 0 Å². The zero-order chi connectivity index (χ0) is 23.4. The van der Waals surface area contributed by atoms with E-state index in [1.807, 2.05) is 55.5 Å². The van der Waals surface area contributed by atoms with Gasteiger partial charge in [0.2, 0.25) is 0 Å². The molecular formula is C26H28ClN3O3. The van der Waals surface area contributed by atoms with Crippen LogP contribution in [0.15, 0.2) is 48.5 Å². The second-order valence-electron chi connectivity index (χ2n) is 8.10. The maximum Gasteiger partial charge on any atom is 0.409 e. The fourth-order valence-corrected chi connectivity index (χ4v) is 4.49. The average Bonchev–Trinajstić information content (AvgIpc) is 2.87. The van der Waals surface area contributed by atoms with Crippen LogP contribution in [0.5, 0.6) is 0 Å². The molecule has 0 aliphatic carbocycles. The number of hydrogen-bond acceptors (Lipinski definition) is 4. The molecule has 0 bridgehead atoms. The zero-order valence-corrected chi connectivity index (χ0v) is 19.8. The van der Waals surface area contributed by atoms with E-state index in [0.29, 0.717) is 48.9 Å². The SMILES string of the molecule is CCCOC(=O)N1CCN(C(=O)c2ccc3c(Cl)c(CC)c(-c4ccccc4)nc3c2)CC1. The van der Waals surface area contributed by atoms with Crippen LogP contribution in [0.25, 0.3) is 22.2 Å². The van der Waals surface area contributed by atoms with Crippen LogP contribution in [0.4, 0.5) is 4.79 Å². The van der Waals surface area contributed by atoms with Gasteiger partial charge in [-0.1, -0.05) is 61.8 Å². The van der Waals surface area contributed by atoms with Gasteiger partial charge in [0.25, 0.3) is 5.91 Å². The van der Waals surface area contributed by atoms with Crippen molar-refractivity contribution in [1.29, 1.82) is 0 Å². The van der Waals surface area contributed by atoms with E-state index in [0.717, 1.165) is 35.0 Å². The molecule has 2 heterocycles. The monoisotopic (exact) mass is 465 g/mol. The summed E-state index contributed by atoms with van der Waals surface area (Å²) in [5.41, 5.74) is 4.11. The maximum atomic E-state index is 13.2. The van der Waals surface area contributed by atoms with Crippen molar-refractivity contribution in [2.45, 2.75) is 26.7 Å². The molecule has 1 saturated heterocycles. The number of piperazine rings is 1. The molecular weight excluding hydrogens is 438 g/mol. The number of carbonyl (C=O) groups is 2. The lowest BCUT2D eigenvalue weighted by atomic mass is 10.0. The number of nitrogens with zero attached hydrogens (tertiary/aromatic N) is 3. The number of pyridine rings is 1. The van der Waals surface area contributed by atoms with Gasteiger partial charge in [-0.2, -0.15) is 0 Å². The molecule has 0 N–H and O–H groups in total. The van der Waals surface area contributed by atoms with E-state index in [2.05, 4.69) is 6.92 Å². The van der Waals surface area contributed by atoms with Crippen LogP contribution in [0.3, 0.4) is 0 Å². The lowest BCUT2D eigenvalue weighted by Crippen LogP contribution is -2.50. The molecule has 0 saturated carbocycles. The molecule has 0 spiro atoms. The van der Waals surface area contributed by atoms with Crippen LogP contribution >= 0.6 is 11.6 Å². The fourth-order valence-electron chi connectivity index (χ4n) is 4.11. The molecule has 172 valence electrons. The van der Waals surface area contributed by atoms with E-state index in [9.17, 15) is 9.59 Å². The number of aromatic nitrogens is 1. The number of amides is 2. The van der Waals surface area contributed by atoms with Crippen molar-refractivity contribution >= 4 is 34.5 Å². The van der Waals surface area contributed by atoms with Gasteiger partial charge >= 0.3 is 6.09 Å². The summed E-state index contributed by atoms with van der Waals surface area (Å²) in [6.07, 6.45) is 1.24. The molecule has 6 nitrogen and oxygen atoms in total. The standard InChI is InChI=1S/C26H28ClN3O3/c1-3-16-33-26(32)30-14-12-29(13-15-30)25(31)19-10-11-21-22(17-19)28-24(20(4-2)23(21)27)18-8-6-5-7-9-18/h5-11,17H,3-4,12-16H2,1-2H3. The highest BCUT2D eigenvalue weighted by Crippen LogP contribution is 2.34. The Hall–Kier alpha value is -3.12. The summed E-state index contributed by atoms with van der Waals surface area (Å²) in [6.45, 7) is 6.30. The highest BCUT2D eigenvalue weighted by molar-refractivity contribution is 6.36. The van der Waals surface area contributed by atoms with Crippen molar-refractivity contribution in [2.24, 2.45) is 0 Å². The van der Waals surface area contributed by atoms with Crippen molar-refractivity contribution in [3.63, 3.8) is 0 Å². The molecule has 4 rings (SSSR count). The number of rotatable bonds is 5. The molecule has 1 fully saturated rings. The molecule has 33 heavy (non-hydrogen) atoms. The molecule has 0 unspecified atom stereocenters. The summed E-state index contributed by atoms with van der Waals surface area (Å²) < 4.78 is 5.20. The summed E-state index contributed by atoms with van der Waals surface area (Å²) in [7, 11) is 0. The first-order valence-corrected chi connectivity index (χ1v) is 11.8. The highest BCUT2D eigenvalue weighted by Gasteiger charge is 2.26. The van der Waals surface area contributed by atoms with E-state index in [-0.39, 0.29) is 12.0 Å². The van der Waals surface area contributed by atoms with E-state index < -0.39 is 0 Å². The van der Waals surface area contributed by atoms with Gasteiger partial charge in [-0.15, -0.1) is 0 Å². The van der Waals surface area contributed by atoms with Gasteiger partial charge in [0.05, 0.1) is 22.8 Å². The Morgan fingerprint density at radius 1 is 1.00 bits per heavy atom. The number of carbonyl (C=O) groups excluding carboxylic acids is 2. The van der Waals surface area contributed by atoms with Crippen LogP contribution in [-0.4, -0.2) is 59.6 Å². The summed E-state index contributed by atoms with van der Waals surface area (Å²) >= 11 is 6.77. The van der Waals surface area contributed by atoms with Crippen molar-refractivity contribution in [2.75, 3.05) is 32.8 Å². The Kier molecular flexibility index (Phi) is 7.14. The Morgan fingerprint density at radius 3 is 2.36 bits per heavy atom. The quantitative estimate of drug-likeness (QED) is 0.504. The Bertz CT molecular complexity index is 1160. The van der Waals surface area contributed by atoms with Crippen molar-refractivity contribution in [3.05, 3.63) is 64.7 Å². The van der Waals surface area contributed by atoms with Crippen LogP contribution < -0.4 is 0 Å². The van der Waals surface area contributed by atoms with Gasteiger partial charge in [-0.25, -0.2) is 9.78 Å². The first kappa shape index (κ1) is 23.1. The molecule has 0 radical (unpaired) electrons. The molecule has 2 aromatic carbocycles. The Morgan fingerprint density at radius 2 is 1.70 bits per heavy atom. The van der Waals surface area contributed by atoms with Gasteiger partial charge < -0.3 is 14.5 Å². The second kappa shape index (κ2) is 10.2. The minimum Gasteiger partial charge on any atom is -0.449 e. The molecule has 2 amide bonds. The van der Waals surface area contributed by atoms with Crippen molar-refractivity contribution in [3.8, 4) is 11.3 Å². The second-order valence-corrected chi connectivity index (χ2v) is 8.48. The number of benzene rings is 2. The number of fused-ring (bicyclic) bond motifs is 1. The lowest BCUT2D eigenvalue weighted by Gasteiger charge is -2.34. The van der Waals surface area contributed by atoms with E-state index in [4.69, 9.17) is 21.3 Å². The van der Waals surface area contributed by atoms with Crippen LogP contribution in [-0.2, 0) is 11.2 Å². The third kappa shape index (κ3) is 4.81. The van der Waals surface area contributed by atoms with E-state index in [1.54, 1.807) is 9.80 Å². The van der Waals surface area contributed by atoms with Crippen LogP contribution in [0.1, 0.15) is 36.2 Å².